The monoisotopic (exact) mass is 377 g/mol. The van der Waals surface area contributed by atoms with E-state index < -0.39 is 0 Å². The van der Waals surface area contributed by atoms with Gasteiger partial charge in [0.15, 0.2) is 0 Å². The van der Waals surface area contributed by atoms with E-state index in [0.717, 1.165) is 23.6 Å². The van der Waals surface area contributed by atoms with Crippen molar-refractivity contribution < 1.29 is 5.11 Å². The van der Waals surface area contributed by atoms with Crippen LogP contribution < -0.4 is 4.90 Å². The van der Waals surface area contributed by atoms with Crippen LogP contribution in [0.1, 0.15) is 73.1 Å². The summed E-state index contributed by atoms with van der Waals surface area (Å²) in [5, 5.41) is 10.8. The van der Waals surface area contributed by atoms with Crippen molar-refractivity contribution in [1.82, 2.24) is 0 Å². The molecule has 3 heteroatoms. The summed E-state index contributed by atoms with van der Waals surface area (Å²) in [5.74, 6) is 0.972. The molecule has 148 valence electrons. The second kappa shape index (κ2) is 12.5. The predicted octanol–water partition coefficient (Wildman–Crippen LogP) is 6.47. The van der Waals surface area contributed by atoms with E-state index in [1.165, 1.54) is 32.1 Å². The number of aliphatic hydroxyl groups excluding tert-OH is 1. The van der Waals surface area contributed by atoms with Gasteiger partial charge < -0.3 is 10.0 Å². The van der Waals surface area contributed by atoms with E-state index in [2.05, 4.69) is 44.7 Å². The van der Waals surface area contributed by atoms with E-state index in [1.54, 1.807) is 0 Å². The summed E-state index contributed by atoms with van der Waals surface area (Å²) >= 11 is 5.48. The molecular weight excluding hydrogens is 338 g/mol. The Labute approximate surface area is 167 Å². The zero-order chi connectivity index (χ0) is 19.5. The zero-order valence-corrected chi connectivity index (χ0v) is 18.3. The molecule has 0 spiro atoms. The molecule has 0 saturated heterocycles. The van der Waals surface area contributed by atoms with Crippen molar-refractivity contribution in [1.29, 1.82) is 0 Å². The van der Waals surface area contributed by atoms with Gasteiger partial charge in [-0.3, -0.25) is 0 Å². The first-order valence-electron chi connectivity index (χ1n) is 10.4. The minimum atomic E-state index is -0.251. The third-order valence-electron chi connectivity index (χ3n) is 5.70. The Kier molecular flexibility index (Phi) is 11.1. The van der Waals surface area contributed by atoms with Gasteiger partial charge in [-0.15, -0.1) is 0 Å². The zero-order valence-electron chi connectivity index (χ0n) is 17.4. The second-order valence-corrected chi connectivity index (χ2v) is 8.56. The highest BCUT2D eigenvalue weighted by Crippen LogP contribution is 2.27. The number of anilines is 1. The average Bonchev–Trinajstić information content (AvgIpc) is 2.64. The van der Waals surface area contributed by atoms with Gasteiger partial charge in [-0.05, 0) is 43.2 Å². The molecular formula is C23H39NOS. The number of unbranched alkanes of at least 4 members (excludes halogenated alkanes) is 4. The lowest BCUT2D eigenvalue weighted by atomic mass is 9.82. The molecule has 0 bridgehead atoms. The molecule has 1 N–H and O–H groups in total. The van der Waals surface area contributed by atoms with Gasteiger partial charge in [-0.2, -0.15) is 0 Å². The normalized spacial score (nSPS) is 15.9. The first-order valence-corrected chi connectivity index (χ1v) is 10.8. The largest absolute Gasteiger partial charge is 0.393 e. The number of hydrogen-bond acceptors (Lipinski definition) is 2. The molecule has 0 aliphatic heterocycles. The number of hydrogen-bond donors (Lipinski definition) is 1. The molecule has 0 aliphatic rings. The van der Waals surface area contributed by atoms with E-state index in [0.29, 0.717) is 11.8 Å². The lowest BCUT2D eigenvalue weighted by Crippen LogP contribution is -2.38. The molecule has 0 amide bonds. The molecule has 0 radical (unpaired) electrons. The molecule has 0 saturated carbocycles. The van der Waals surface area contributed by atoms with Crippen LogP contribution in [0.15, 0.2) is 30.3 Å². The van der Waals surface area contributed by atoms with Crippen molar-refractivity contribution in [2.45, 2.75) is 79.2 Å². The van der Waals surface area contributed by atoms with Crippen LogP contribution in [0, 0.1) is 17.8 Å². The fourth-order valence-corrected chi connectivity index (χ4v) is 3.75. The van der Waals surface area contributed by atoms with Crippen LogP contribution in [0.25, 0.3) is 0 Å². The lowest BCUT2D eigenvalue weighted by Gasteiger charge is -2.34. The minimum absolute atomic E-state index is 0.251. The summed E-state index contributed by atoms with van der Waals surface area (Å²) in [6.07, 6.45) is 7.33. The van der Waals surface area contributed by atoms with Crippen LogP contribution in [-0.2, 0) is 0 Å². The average molecular weight is 378 g/mol. The number of nitrogens with zero attached hydrogens (tertiary/aromatic N) is 1. The van der Waals surface area contributed by atoms with E-state index in [4.69, 9.17) is 12.2 Å². The van der Waals surface area contributed by atoms with Crippen molar-refractivity contribution in [3.8, 4) is 0 Å². The van der Waals surface area contributed by atoms with Gasteiger partial charge in [-0.25, -0.2) is 0 Å². The maximum atomic E-state index is 10.8. The Balaban J connectivity index is 2.55. The highest BCUT2D eigenvalue weighted by Gasteiger charge is 2.27. The lowest BCUT2D eigenvalue weighted by molar-refractivity contribution is 0.0389. The maximum Gasteiger partial charge on any atom is 0.0792 e. The van der Waals surface area contributed by atoms with Gasteiger partial charge in [0.1, 0.15) is 0 Å². The summed E-state index contributed by atoms with van der Waals surface area (Å²) < 4.78 is 0. The van der Waals surface area contributed by atoms with Crippen LogP contribution >= 0.6 is 12.2 Å². The van der Waals surface area contributed by atoms with Crippen molar-refractivity contribution >= 4 is 22.9 Å². The standard InChI is InChI=1S/C23H39NOS/c1-6-7-8-9-11-14-18(2)23(25)20(4)19(3)17-24(21(5)26)22-15-12-10-13-16-22/h10,12-13,15-16,18-20,23,25H,6-9,11,14,17H2,1-5H3/t18?,19?,20?,23-/m0/s1. The Hall–Kier alpha value is -0.930. The third-order valence-corrected chi connectivity index (χ3v) is 5.92. The summed E-state index contributed by atoms with van der Waals surface area (Å²) in [5.41, 5.74) is 1.14. The van der Waals surface area contributed by atoms with Crippen LogP contribution in [0.3, 0.4) is 0 Å². The van der Waals surface area contributed by atoms with Gasteiger partial charge in [0.25, 0.3) is 0 Å². The summed E-state index contributed by atoms with van der Waals surface area (Å²) in [7, 11) is 0. The highest BCUT2D eigenvalue weighted by atomic mass is 32.1. The molecule has 4 atom stereocenters. The van der Waals surface area contributed by atoms with E-state index >= 15 is 0 Å². The van der Waals surface area contributed by atoms with E-state index in [9.17, 15) is 5.11 Å². The SMILES string of the molecule is CCCCCCCC(C)[C@H](O)C(C)C(C)CN(C(C)=S)c1ccccc1. The van der Waals surface area contributed by atoms with Gasteiger partial charge in [0, 0.05) is 12.2 Å². The second-order valence-electron chi connectivity index (χ2n) is 7.97. The smallest absolute Gasteiger partial charge is 0.0792 e. The van der Waals surface area contributed by atoms with E-state index in [-0.39, 0.29) is 12.0 Å². The first-order chi connectivity index (χ1) is 12.4. The molecule has 0 aliphatic carbocycles. The molecule has 1 rings (SSSR count). The Bertz CT molecular complexity index is 504. The van der Waals surface area contributed by atoms with Crippen LogP contribution in [0.2, 0.25) is 0 Å². The van der Waals surface area contributed by atoms with Crippen LogP contribution in [0.4, 0.5) is 5.69 Å². The van der Waals surface area contributed by atoms with Crippen LogP contribution in [-0.4, -0.2) is 22.7 Å². The molecule has 1 aromatic carbocycles. The molecule has 3 unspecified atom stereocenters. The Morgan fingerprint density at radius 2 is 1.62 bits per heavy atom. The van der Waals surface area contributed by atoms with Crippen molar-refractivity contribution in [2.24, 2.45) is 17.8 Å². The fraction of sp³-hybridized carbons (Fsp3) is 0.696. The topological polar surface area (TPSA) is 23.5 Å². The molecule has 0 heterocycles. The van der Waals surface area contributed by atoms with Crippen molar-refractivity contribution in [3.05, 3.63) is 30.3 Å². The number of rotatable bonds is 12. The molecule has 2 nitrogen and oxygen atoms in total. The number of thiocarbonyl (C=S) groups is 1. The molecule has 1 aromatic rings. The fourth-order valence-electron chi connectivity index (χ4n) is 3.57. The summed E-state index contributed by atoms with van der Waals surface area (Å²) in [6, 6.07) is 10.3. The number of benzene rings is 1. The van der Waals surface area contributed by atoms with Gasteiger partial charge in [-0.1, -0.05) is 90.2 Å². The highest BCUT2D eigenvalue weighted by molar-refractivity contribution is 7.80. The number of aliphatic hydroxyl groups is 1. The Morgan fingerprint density at radius 3 is 2.19 bits per heavy atom. The molecule has 26 heavy (non-hydrogen) atoms. The van der Waals surface area contributed by atoms with Crippen molar-refractivity contribution in [3.63, 3.8) is 0 Å². The van der Waals surface area contributed by atoms with E-state index in [1.807, 2.05) is 25.1 Å². The first kappa shape index (κ1) is 23.1. The quantitative estimate of drug-likeness (QED) is 0.333. The predicted molar refractivity (Wildman–Crippen MR) is 119 cm³/mol. The minimum Gasteiger partial charge on any atom is -0.393 e. The Morgan fingerprint density at radius 1 is 1.00 bits per heavy atom. The van der Waals surface area contributed by atoms with Gasteiger partial charge in [0.05, 0.1) is 11.1 Å². The molecule has 0 aromatic heterocycles. The van der Waals surface area contributed by atoms with Gasteiger partial charge >= 0.3 is 0 Å². The summed E-state index contributed by atoms with van der Waals surface area (Å²) in [4.78, 5) is 3.08. The number of para-hydroxylation sites is 1. The van der Waals surface area contributed by atoms with Crippen LogP contribution in [0.5, 0.6) is 0 Å². The third kappa shape index (κ3) is 7.75. The maximum absolute atomic E-state index is 10.8. The van der Waals surface area contributed by atoms with Gasteiger partial charge in [0.2, 0.25) is 0 Å². The van der Waals surface area contributed by atoms with Crippen molar-refractivity contribution in [2.75, 3.05) is 11.4 Å². The summed E-state index contributed by atoms with van der Waals surface area (Å²) in [6.45, 7) is 11.7. The molecule has 0 fully saturated rings.